The van der Waals surface area contributed by atoms with Crippen molar-refractivity contribution >= 4 is 24.8 Å². The Balaban J connectivity index is 2.04. The van der Waals surface area contributed by atoms with Crippen molar-refractivity contribution in [3.8, 4) is 5.75 Å². The summed E-state index contributed by atoms with van der Waals surface area (Å²) < 4.78 is 5.75. The van der Waals surface area contributed by atoms with Gasteiger partial charge in [0.1, 0.15) is 5.75 Å². The fourth-order valence-electron chi connectivity index (χ4n) is 3.05. The number of hydrogen-bond donors (Lipinski definition) is 2. The highest BCUT2D eigenvalue weighted by atomic mass is 35.5. The number of hydrogen-bond acceptors (Lipinski definition) is 3. The summed E-state index contributed by atoms with van der Waals surface area (Å²) in [6.45, 7) is 8.35. The molecule has 2 N–H and O–H groups in total. The van der Waals surface area contributed by atoms with Gasteiger partial charge >= 0.3 is 7.12 Å². The molecule has 0 fully saturated rings. The number of allylic oxidation sites excluding steroid dienone is 2. The molecule has 0 saturated carbocycles. The van der Waals surface area contributed by atoms with E-state index in [0.717, 1.165) is 48.0 Å². The van der Waals surface area contributed by atoms with Gasteiger partial charge < -0.3 is 14.8 Å². The molecule has 0 aliphatic carbocycles. The summed E-state index contributed by atoms with van der Waals surface area (Å²) in [6, 6.07) is 4.97. The second-order valence-corrected chi connectivity index (χ2v) is 6.97. The van der Waals surface area contributed by atoms with Crippen molar-refractivity contribution in [1.82, 2.24) is 0 Å². The summed E-state index contributed by atoms with van der Waals surface area (Å²) in [5.41, 5.74) is 4.27. The molecule has 1 aromatic carbocycles. The van der Waals surface area contributed by atoms with Crippen molar-refractivity contribution in [2.45, 2.75) is 52.0 Å². The molecular weight excluding hydrogens is 334 g/mol. The summed E-state index contributed by atoms with van der Waals surface area (Å²) in [5.74, 6) is 0.161. The number of benzene rings is 1. The minimum Gasteiger partial charge on any atom is -0.508 e. The third-order valence-electron chi connectivity index (χ3n) is 4.35. The van der Waals surface area contributed by atoms with E-state index in [1.807, 2.05) is 13.0 Å². The molecule has 1 aliphatic rings. The Labute approximate surface area is 155 Å². The van der Waals surface area contributed by atoms with Crippen molar-refractivity contribution in [2.75, 3.05) is 0 Å². The van der Waals surface area contributed by atoms with E-state index in [2.05, 4.69) is 19.6 Å². The van der Waals surface area contributed by atoms with Gasteiger partial charge in [-0.2, -0.15) is 0 Å². The van der Waals surface area contributed by atoms with E-state index in [4.69, 9.17) is 16.3 Å². The van der Waals surface area contributed by atoms with Gasteiger partial charge in [-0.25, -0.2) is 0 Å². The van der Waals surface area contributed by atoms with Crippen molar-refractivity contribution in [2.24, 2.45) is 0 Å². The third kappa shape index (κ3) is 5.77. The average molecular weight is 361 g/mol. The first-order valence-electron chi connectivity index (χ1n) is 8.78. The van der Waals surface area contributed by atoms with Crippen LogP contribution >= 0.6 is 11.6 Å². The van der Waals surface area contributed by atoms with Gasteiger partial charge in [0.25, 0.3) is 0 Å². The van der Waals surface area contributed by atoms with E-state index in [-0.39, 0.29) is 11.9 Å². The van der Waals surface area contributed by atoms with E-state index < -0.39 is 7.12 Å². The van der Waals surface area contributed by atoms with E-state index in [0.29, 0.717) is 11.3 Å². The Kier molecular flexibility index (Phi) is 7.36. The molecule has 0 spiro atoms. The number of aromatic hydroxyl groups is 1. The van der Waals surface area contributed by atoms with E-state index in [1.54, 1.807) is 12.1 Å². The quantitative estimate of drug-likeness (QED) is 0.641. The normalized spacial score (nSPS) is 18.2. The number of halogens is 1. The fraction of sp³-hybridized carbons (Fsp3) is 0.400. The first-order chi connectivity index (χ1) is 11.9. The molecule has 25 heavy (non-hydrogen) atoms. The molecule has 3 nitrogen and oxygen atoms in total. The lowest BCUT2D eigenvalue weighted by Crippen LogP contribution is -2.31. The maximum atomic E-state index is 9.82. The summed E-state index contributed by atoms with van der Waals surface area (Å²) in [6.07, 6.45) is 8.07. The Morgan fingerprint density at radius 2 is 2.20 bits per heavy atom. The smallest absolute Gasteiger partial charge is 0.458 e. The standard InChI is InChI=1S/C20H26BClO3/c1-4-5-15(3)18-10-11-21(24)25-20(18)9-6-14(2)12-16-7-8-17(23)13-19(16)22/h7-8,10,12-13,20,23-24H,3-6,9,11H2,1-2H3/b14-12+. The van der Waals surface area contributed by atoms with Crippen molar-refractivity contribution in [1.29, 1.82) is 0 Å². The monoisotopic (exact) mass is 360 g/mol. The Bertz CT molecular complexity index is 682. The van der Waals surface area contributed by atoms with Gasteiger partial charge in [0.15, 0.2) is 0 Å². The highest BCUT2D eigenvalue weighted by Gasteiger charge is 2.27. The molecule has 2 rings (SSSR count). The lowest BCUT2D eigenvalue weighted by atomic mass is 9.77. The zero-order valence-electron chi connectivity index (χ0n) is 15.0. The second kappa shape index (κ2) is 9.28. The van der Waals surface area contributed by atoms with Crippen LogP contribution in [-0.4, -0.2) is 23.4 Å². The Morgan fingerprint density at radius 1 is 1.44 bits per heavy atom. The van der Waals surface area contributed by atoms with Gasteiger partial charge in [-0.1, -0.05) is 49.2 Å². The first-order valence-corrected chi connectivity index (χ1v) is 9.16. The maximum absolute atomic E-state index is 9.82. The van der Waals surface area contributed by atoms with Crippen LogP contribution in [0.4, 0.5) is 0 Å². The summed E-state index contributed by atoms with van der Waals surface area (Å²) in [7, 11) is -0.737. The SMILES string of the molecule is C=C(CCC)C1=CCB(O)OC1CC/C(C)=C/c1ccc(O)cc1Cl. The third-order valence-corrected chi connectivity index (χ3v) is 4.68. The lowest BCUT2D eigenvalue weighted by molar-refractivity contribution is 0.183. The molecule has 134 valence electrons. The molecule has 0 bridgehead atoms. The van der Waals surface area contributed by atoms with Gasteiger partial charge in [0.2, 0.25) is 0 Å². The van der Waals surface area contributed by atoms with E-state index >= 15 is 0 Å². The molecule has 0 saturated heterocycles. The minimum absolute atomic E-state index is 0.124. The molecule has 5 heteroatoms. The van der Waals surface area contributed by atoms with Crippen molar-refractivity contribution in [3.05, 3.63) is 58.2 Å². The van der Waals surface area contributed by atoms with Gasteiger partial charge in [0, 0.05) is 6.32 Å². The summed E-state index contributed by atoms with van der Waals surface area (Å²) >= 11 is 6.16. The van der Waals surface area contributed by atoms with E-state index in [1.165, 1.54) is 6.07 Å². The van der Waals surface area contributed by atoms with Crippen molar-refractivity contribution < 1.29 is 14.8 Å². The predicted molar refractivity (Wildman–Crippen MR) is 106 cm³/mol. The van der Waals surface area contributed by atoms with E-state index in [9.17, 15) is 10.1 Å². The number of rotatable bonds is 7. The summed E-state index contributed by atoms with van der Waals surface area (Å²) in [4.78, 5) is 0. The Morgan fingerprint density at radius 3 is 2.88 bits per heavy atom. The molecular formula is C20H26BClO3. The second-order valence-electron chi connectivity index (χ2n) is 6.56. The van der Waals surface area contributed by atoms with Gasteiger partial charge in [-0.3, -0.25) is 0 Å². The van der Waals surface area contributed by atoms with Crippen LogP contribution in [-0.2, 0) is 4.65 Å². The molecule has 0 aromatic heterocycles. The van der Waals surface area contributed by atoms with Crippen LogP contribution in [0, 0.1) is 0 Å². The van der Waals surface area contributed by atoms with Crippen LogP contribution in [0.2, 0.25) is 11.3 Å². The van der Waals surface area contributed by atoms with Crippen LogP contribution in [0.5, 0.6) is 5.75 Å². The number of phenolic OH excluding ortho intramolecular Hbond substituents is 1. The zero-order valence-corrected chi connectivity index (χ0v) is 15.7. The predicted octanol–water partition coefficient (Wildman–Crippen LogP) is 5.39. The minimum atomic E-state index is -0.737. The molecule has 0 amide bonds. The van der Waals surface area contributed by atoms with Gasteiger partial charge in [0.05, 0.1) is 11.1 Å². The molecule has 1 heterocycles. The molecule has 0 radical (unpaired) electrons. The Hall–Kier alpha value is -1.49. The number of phenols is 1. The van der Waals surface area contributed by atoms with Crippen molar-refractivity contribution in [3.63, 3.8) is 0 Å². The lowest BCUT2D eigenvalue weighted by Gasteiger charge is -2.28. The fourth-order valence-corrected chi connectivity index (χ4v) is 3.28. The average Bonchev–Trinajstić information content (AvgIpc) is 2.56. The molecule has 1 atom stereocenters. The van der Waals surface area contributed by atoms with Crippen LogP contribution in [0.15, 0.2) is 47.6 Å². The van der Waals surface area contributed by atoms with Crippen LogP contribution in [0.1, 0.15) is 45.1 Å². The largest absolute Gasteiger partial charge is 0.508 e. The molecule has 1 aromatic rings. The van der Waals surface area contributed by atoms with Gasteiger partial charge in [-0.05, 0) is 61.1 Å². The highest BCUT2D eigenvalue weighted by Crippen LogP contribution is 2.30. The zero-order chi connectivity index (χ0) is 18.4. The van der Waals surface area contributed by atoms with Crippen LogP contribution in [0.3, 0.4) is 0 Å². The molecule has 1 unspecified atom stereocenters. The first kappa shape index (κ1) is 19.8. The topological polar surface area (TPSA) is 49.7 Å². The van der Waals surface area contributed by atoms with Crippen LogP contribution in [0.25, 0.3) is 6.08 Å². The maximum Gasteiger partial charge on any atom is 0.458 e. The summed E-state index contributed by atoms with van der Waals surface area (Å²) in [5, 5.41) is 19.8. The highest BCUT2D eigenvalue weighted by molar-refractivity contribution is 6.43. The van der Waals surface area contributed by atoms with Crippen LogP contribution < -0.4 is 0 Å². The molecule has 1 aliphatic heterocycles. The van der Waals surface area contributed by atoms with Gasteiger partial charge in [-0.15, -0.1) is 0 Å².